The van der Waals surface area contributed by atoms with Gasteiger partial charge < -0.3 is 5.32 Å². The number of nitrogens with one attached hydrogen (secondary N) is 1. The first kappa shape index (κ1) is 16.8. The average molecular weight is 356 g/mol. The summed E-state index contributed by atoms with van der Waals surface area (Å²) in [6, 6.07) is 11.0. The van der Waals surface area contributed by atoms with Crippen LogP contribution in [0.4, 0.5) is 5.69 Å². The maximum atomic E-state index is 12.3. The lowest BCUT2D eigenvalue weighted by Gasteiger charge is -2.10. The Morgan fingerprint density at radius 3 is 2.72 bits per heavy atom. The Labute approximate surface area is 148 Å². The van der Waals surface area contributed by atoms with E-state index in [1.807, 2.05) is 41.2 Å². The SMILES string of the molecule is Cc1sc(C(=O)NCc2ccccc2Cn2cccn2)cc1[N+](=O)[O-]. The Hall–Kier alpha value is -3.00. The van der Waals surface area contributed by atoms with Crippen LogP contribution in [0.1, 0.15) is 25.7 Å². The molecule has 1 amide bonds. The van der Waals surface area contributed by atoms with E-state index in [-0.39, 0.29) is 11.6 Å². The number of rotatable bonds is 6. The first-order valence-electron chi connectivity index (χ1n) is 7.62. The van der Waals surface area contributed by atoms with Crippen LogP contribution in [-0.4, -0.2) is 20.6 Å². The van der Waals surface area contributed by atoms with Gasteiger partial charge >= 0.3 is 0 Å². The molecule has 3 aromatic rings. The highest BCUT2D eigenvalue weighted by molar-refractivity contribution is 7.14. The number of hydrogen-bond donors (Lipinski definition) is 1. The minimum absolute atomic E-state index is 0.0192. The van der Waals surface area contributed by atoms with Crippen molar-refractivity contribution in [3.63, 3.8) is 0 Å². The van der Waals surface area contributed by atoms with Crippen LogP contribution in [0, 0.1) is 17.0 Å². The first-order valence-corrected chi connectivity index (χ1v) is 8.43. The summed E-state index contributed by atoms with van der Waals surface area (Å²) in [6.45, 7) is 2.60. The summed E-state index contributed by atoms with van der Waals surface area (Å²) < 4.78 is 1.81. The molecule has 0 saturated carbocycles. The minimum Gasteiger partial charge on any atom is -0.347 e. The molecule has 2 aromatic heterocycles. The fraction of sp³-hybridized carbons (Fsp3) is 0.176. The third kappa shape index (κ3) is 3.92. The molecule has 0 aliphatic carbocycles. The van der Waals surface area contributed by atoms with Gasteiger partial charge in [-0.25, -0.2) is 0 Å². The molecular formula is C17H16N4O3S. The van der Waals surface area contributed by atoms with Crippen LogP contribution in [0.25, 0.3) is 0 Å². The highest BCUT2D eigenvalue weighted by Gasteiger charge is 2.19. The number of aryl methyl sites for hydroxylation is 1. The van der Waals surface area contributed by atoms with Gasteiger partial charge in [-0.15, -0.1) is 11.3 Å². The molecule has 0 atom stereocenters. The lowest BCUT2D eigenvalue weighted by Crippen LogP contribution is -2.22. The van der Waals surface area contributed by atoms with Crippen molar-refractivity contribution >= 4 is 22.9 Å². The van der Waals surface area contributed by atoms with Crippen LogP contribution >= 0.6 is 11.3 Å². The topological polar surface area (TPSA) is 90.1 Å². The summed E-state index contributed by atoms with van der Waals surface area (Å²) in [5.41, 5.74) is 2.02. The van der Waals surface area contributed by atoms with Crippen LogP contribution in [-0.2, 0) is 13.1 Å². The zero-order valence-electron chi connectivity index (χ0n) is 13.5. The van der Waals surface area contributed by atoms with E-state index in [0.29, 0.717) is 22.8 Å². The summed E-state index contributed by atoms with van der Waals surface area (Å²) in [5.74, 6) is -0.310. The van der Waals surface area contributed by atoms with Crippen molar-refractivity contribution in [2.24, 2.45) is 0 Å². The van der Waals surface area contributed by atoms with E-state index >= 15 is 0 Å². The molecular weight excluding hydrogens is 340 g/mol. The fourth-order valence-corrected chi connectivity index (χ4v) is 3.38. The highest BCUT2D eigenvalue weighted by Crippen LogP contribution is 2.28. The van der Waals surface area contributed by atoms with E-state index in [1.54, 1.807) is 13.1 Å². The predicted octanol–water partition coefficient (Wildman–Crippen LogP) is 3.14. The fourth-order valence-electron chi connectivity index (χ4n) is 2.48. The number of thiophene rings is 1. The predicted molar refractivity (Wildman–Crippen MR) is 94.7 cm³/mol. The van der Waals surface area contributed by atoms with E-state index in [0.717, 1.165) is 22.5 Å². The summed E-state index contributed by atoms with van der Waals surface area (Å²) in [5, 5.41) is 17.9. The maximum Gasteiger partial charge on any atom is 0.283 e. The second-order valence-corrected chi connectivity index (χ2v) is 6.72. The smallest absolute Gasteiger partial charge is 0.283 e. The third-order valence-corrected chi connectivity index (χ3v) is 4.80. The number of nitrogens with zero attached hydrogens (tertiary/aromatic N) is 3. The van der Waals surface area contributed by atoms with Gasteiger partial charge in [0.1, 0.15) is 0 Å². The third-order valence-electron chi connectivity index (χ3n) is 3.76. The number of carbonyl (C=O) groups excluding carboxylic acids is 1. The average Bonchev–Trinajstić information content (AvgIpc) is 3.23. The van der Waals surface area contributed by atoms with Crippen molar-refractivity contribution in [2.45, 2.75) is 20.0 Å². The lowest BCUT2D eigenvalue weighted by atomic mass is 10.1. The molecule has 0 unspecified atom stereocenters. The van der Waals surface area contributed by atoms with Gasteiger partial charge in [-0.05, 0) is 24.1 Å². The number of benzene rings is 1. The Morgan fingerprint density at radius 2 is 2.08 bits per heavy atom. The molecule has 8 heteroatoms. The van der Waals surface area contributed by atoms with Gasteiger partial charge in [0.15, 0.2) is 0 Å². The molecule has 1 N–H and O–H groups in total. The number of amides is 1. The minimum atomic E-state index is -0.470. The Balaban J connectivity index is 1.70. The molecule has 0 spiro atoms. The molecule has 25 heavy (non-hydrogen) atoms. The summed E-state index contributed by atoms with van der Waals surface area (Å²) in [7, 11) is 0. The molecule has 2 heterocycles. The van der Waals surface area contributed by atoms with Crippen molar-refractivity contribution in [3.8, 4) is 0 Å². The molecule has 0 fully saturated rings. The summed E-state index contributed by atoms with van der Waals surface area (Å²) in [6.07, 6.45) is 3.60. The number of aromatic nitrogens is 2. The van der Waals surface area contributed by atoms with E-state index in [4.69, 9.17) is 0 Å². The normalized spacial score (nSPS) is 10.6. The standard InChI is InChI=1S/C17H16N4O3S/c1-12-15(21(23)24)9-16(25-12)17(22)18-10-13-5-2-3-6-14(13)11-20-8-4-7-19-20/h2-9H,10-11H2,1H3,(H,18,22). The zero-order valence-corrected chi connectivity index (χ0v) is 14.3. The molecule has 0 radical (unpaired) electrons. The number of hydrogen-bond acceptors (Lipinski definition) is 5. The quantitative estimate of drug-likeness (QED) is 0.543. The van der Waals surface area contributed by atoms with Crippen molar-refractivity contribution in [2.75, 3.05) is 0 Å². The van der Waals surface area contributed by atoms with E-state index in [2.05, 4.69) is 10.4 Å². The van der Waals surface area contributed by atoms with Crippen molar-refractivity contribution < 1.29 is 9.72 Å². The number of nitro groups is 1. The van der Waals surface area contributed by atoms with Gasteiger partial charge in [-0.3, -0.25) is 19.6 Å². The molecule has 0 bridgehead atoms. The van der Waals surface area contributed by atoms with Crippen molar-refractivity contribution in [1.82, 2.24) is 15.1 Å². The Kier molecular flexibility index (Phi) is 4.90. The molecule has 7 nitrogen and oxygen atoms in total. The molecule has 128 valence electrons. The van der Waals surface area contributed by atoms with Gasteiger partial charge in [-0.2, -0.15) is 5.10 Å². The Morgan fingerprint density at radius 1 is 1.32 bits per heavy atom. The van der Waals surface area contributed by atoms with Crippen molar-refractivity contribution in [3.05, 3.63) is 79.8 Å². The van der Waals surface area contributed by atoms with Gasteiger partial charge in [0, 0.05) is 25.0 Å². The first-order chi connectivity index (χ1) is 12.0. The van der Waals surface area contributed by atoms with E-state index < -0.39 is 4.92 Å². The maximum absolute atomic E-state index is 12.3. The van der Waals surface area contributed by atoms with E-state index in [9.17, 15) is 14.9 Å². The van der Waals surface area contributed by atoms with Gasteiger partial charge in [0.25, 0.3) is 11.6 Å². The monoisotopic (exact) mass is 356 g/mol. The molecule has 3 rings (SSSR count). The number of carbonyl (C=O) groups is 1. The van der Waals surface area contributed by atoms with Crippen LogP contribution < -0.4 is 5.32 Å². The zero-order chi connectivity index (χ0) is 17.8. The van der Waals surface area contributed by atoms with Crippen LogP contribution in [0.15, 0.2) is 48.8 Å². The molecule has 0 saturated heterocycles. The molecule has 0 aliphatic rings. The van der Waals surface area contributed by atoms with Gasteiger partial charge in [-0.1, -0.05) is 24.3 Å². The van der Waals surface area contributed by atoms with Crippen LogP contribution in [0.3, 0.4) is 0 Å². The van der Waals surface area contributed by atoms with Crippen LogP contribution in [0.5, 0.6) is 0 Å². The summed E-state index contributed by atoms with van der Waals surface area (Å²) in [4.78, 5) is 23.6. The lowest BCUT2D eigenvalue weighted by molar-refractivity contribution is -0.385. The molecule has 0 aliphatic heterocycles. The van der Waals surface area contributed by atoms with Gasteiger partial charge in [0.2, 0.25) is 0 Å². The van der Waals surface area contributed by atoms with Crippen LogP contribution in [0.2, 0.25) is 0 Å². The summed E-state index contributed by atoms with van der Waals surface area (Å²) >= 11 is 1.13. The molecule has 1 aromatic carbocycles. The second-order valence-electron chi connectivity index (χ2n) is 5.46. The van der Waals surface area contributed by atoms with Gasteiger partial charge in [0.05, 0.1) is 21.2 Å². The largest absolute Gasteiger partial charge is 0.347 e. The second kappa shape index (κ2) is 7.27. The Bertz CT molecular complexity index is 903. The van der Waals surface area contributed by atoms with Crippen molar-refractivity contribution in [1.29, 1.82) is 0 Å². The van der Waals surface area contributed by atoms with E-state index in [1.165, 1.54) is 6.07 Å². The highest BCUT2D eigenvalue weighted by atomic mass is 32.1.